The Bertz CT molecular complexity index is 678. The molecule has 1 aromatic carbocycles. The molecular formula is C21H29N3O3. The summed E-state index contributed by atoms with van der Waals surface area (Å²) in [6, 6.07) is 9.47. The lowest BCUT2D eigenvalue weighted by Crippen LogP contribution is -2.52. The van der Waals surface area contributed by atoms with Gasteiger partial charge >= 0.3 is 0 Å². The van der Waals surface area contributed by atoms with Crippen molar-refractivity contribution in [1.29, 1.82) is 0 Å². The lowest BCUT2D eigenvalue weighted by molar-refractivity contribution is -0.156. The third-order valence-electron chi connectivity index (χ3n) is 5.95. The van der Waals surface area contributed by atoms with E-state index in [1.807, 2.05) is 44.2 Å². The Balaban J connectivity index is 1.49. The first-order valence-corrected chi connectivity index (χ1v) is 9.82. The summed E-state index contributed by atoms with van der Waals surface area (Å²) in [7, 11) is 0. The number of hydrogen-bond donors (Lipinski definition) is 1. The number of para-hydroxylation sites is 1. The van der Waals surface area contributed by atoms with Gasteiger partial charge in [-0.1, -0.05) is 32.0 Å². The van der Waals surface area contributed by atoms with Gasteiger partial charge in [0.1, 0.15) is 0 Å². The first-order chi connectivity index (χ1) is 12.9. The Morgan fingerprint density at radius 2 is 1.70 bits per heavy atom. The van der Waals surface area contributed by atoms with Crippen molar-refractivity contribution in [3.05, 3.63) is 30.3 Å². The molecule has 0 radical (unpaired) electrons. The van der Waals surface area contributed by atoms with E-state index in [0.29, 0.717) is 19.5 Å². The zero-order valence-corrected chi connectivity index (χ0v) is 16.2. The van der Waals surface area contributed by atoms with Crippen LogP contribution in [0.25, 0.3) is 0 Å². The van der Waals surface area contributed by atoms with Gasteiger partial charge in [0.15, 0.2) is 0 Å². The first kappa shape index (κ1) is 19.5. The van der Waals surface area contributed by atoms with Crippen molar-refractivity contribution < 1.29 is 14.4 Å². The largest absolute Gasteiger partial charge is 0.326 e. The topological polar surface area (TPSA) is 69.7 Å². The Kier molecular flexibility index (Phi) is 5.95. The fourth-order valence-electron chi connectivity index (χ4n) is 3.83. The molecule has 0 saturated carbocycles. The number of likely N-dealkylation sites (tertiary alicyclic amines) is 2. The number of nitrogens with zero attached hydrogens (tertiary/aromatic N) is 2. The van der Waals surface area contributed by atoms with E-state index in [4.69, 9.17) is 0 Å². The smallest absolute Gasteiger partial charge is 0.230 e. The Morgan fingerprint density at radius 3 is 2.26 bits per heavy atom. The molecular weight excluding hydrogens is 342 g/mol. The van der Waals surface area contributed by atoms with E-state index in [9.17, 15) is 14.4 Å². The summed E-state index contributed by atoms with van der Waals surface area (Å²) in [6.45, 7) is 5.83. The van der Waals surface area contributed by atoms with Crippen molar-refractivity contribution in [3.63, 3.8) is 0 Å². The number of nitrogens with one attached hydrogen (secondary N) is 1. The van der Waals surface area contributed by atoms with Crippen LogP contribution in [0.1, 0.15) is 46.0 Å². The summed E-state index contributed by atoms with van der Waals surface area (Å²) in [4.78, 5) is 40.8. The molecule has 6 nitrogen and oxygen atoms in total. The molecule has 0 spiro atoms. The molecule has 2 heterocycles. The number of anilines is 1. The predicted molar refractivity (Wildman–Crippen MR) is 104 cm³/mol. The highest BCUT2D eigenvalue weighted by Gasteiger charge is 2.40. The molecule has 0 aliphatic carbocycles. The van der Waals surface area contributed by atoms with Crippen LogP contribution >= 0.6 is 0 Å². The minimum Gasteiger partial charge on any atom is -0.326 e. The molecule has 2 aliphatic rings. The third kappa shape index (κ3) is 4.75. The van der Waals surface area contributed by atoms with Crippen LogP contribution in [0.15, 0.2) is 30.3 Å². The van der Waals surface area contributed by atoms with Crippen LogP contribution in [-0.4, -0.2) is 47.3 Å². The van der Waals surface area contributed by atoms with Gasteiger partial charge in [-0.3, -0.25) is 24.2 Å². The Labute approximate surface area is 160 Å². The summed E-state index contributed by atoms with van der Waals surface area (Å²) in [5.74, 6) is -0.124. The maximum Gasteiger partial charge on any atom is 0.230 e. The SMILES string of the molecule is CCC1(C)CC(=O)N(CN2CCC(C(=O)Nc3ccccc3)CC2)C(=O)C1. The van der Waals surface area contributed by atoms with Gasteiger partial charge in [0.2, 0.25) is 17.7 Å². The number of benzene rings is 1. The maximum atomic E-state index is 12.4. The number of rotatable bonds is 5. The number of amides is 3. The Morgan fingerprint density at radius 1 is 1.11 bits per heavy atom. The number of imide groups is 1. The molecule has 27 heavy (non-hydrogen) atoms. The molecule has 3 amide bonds. The molecule has 6 heteroatoms. The molecule has 2 saturated heterocycles. The number of hydrogen-bond acceptors (Lipinski definition) is 4. The van der Waals surface area contributed by atoms with Gasteiger partial charge in [0.05, 0.1) is 6.67 Å². The van der Waals surface area contributed by atoms with Crippen LogP contribution in [0, 0.1) is 11.3 Å². The van der Waals surface area contributed by atoms with Crippen LogP contribution in [0.4, 0.5) is 5.69 Å². The minimum atomic E-state index is -0.201. The highest BCUT2D eigenvalue weighted by Crippen LogP contribution is 2.35. The van der Waals surface area contributed by atoms with Gasteiger partial charge in [0.25, 0.3) is 0 Å². The number of piperidine rings is 2. The standard InChI is InChI=1S/C21H29N3O3/c1-3-21(2)13-18(25)24(19(26)14-21)15-23-11-9-16(10-12-23)20(27)22-17-7-5-4-6-8-17/h4-8,16H,3,9-15H2,1-2H3,(H,22,27). The molecule has 2 fully saturated rings. The van der Waals surface area contributed by atoms with Gasteiger partial charge in [-0.25, -0.2) is 0 Å². The van der Waals surface area contributed by atoms with Crippen LogP contribution < -0.4 is 5.32 Å². The molecule has 2 aliphatic heterocycles. The number of carbonyl (C=O) groups excluding carboxylic acids is 3. The van der Waals surface area contributed by atoms with Crippen molar-refractivity contribution in [2.75, 3.05) is 25.1 Å². The van der Waals surface area contributed by atoms with E-state index < -0.39 is 0 Å². The average molecular weight is 371 g/mol. The van der Waals surface area contributed by atoms with E-state index in [1.54, 1.807) is 0 Å². The summed E-state index contributed by atoms with van der Waals surface area (Å²) in [5.41, 5.74) is 0.612. The van der Waals surface area contributed by atoms with Gasteiger partial charge < -0.3 is 5.32 Å². The molecule has 0 unspecified atom stereocenters. The van der Waals surface area contributed by atoms with E-state index >= 15 is 0 Å². The number of carbonyl (C=O) groups is 3. The van der Waals surface area contributed by atoms with Crippen LogP contribution in [0.5, 0.6) is 0 Å². The molecule has 0 atom stereocenters. The lowest BCUT2D eigenvalue weighted by atomic mass is 9.77. The molecule has 146 valence electrons. The van der Waals surface area contributed by atoms with Gasteiger partial charge in [0, 0.05) is 37.5 Å². The zero-order valence-electron chi connectivity index (χ0n) is 16.2. The van der Waals surface area contributed by atoms with E-state index in [1.165, 1.54) is 4.90 Å². The summed E-state index contributed by atoms with van der Waals surface area (Å²) in [5, 5.41) is 2.96. The van der Waals surface area contributed by atoms with E-state index in [2.05, 4.69) is 10.2 Å². The molecule has 0 bridgehead atoms. The second-order valence-corrected chi connectivity index (χ2v) is 8.12. The van der Waals surface area contributed by atoms with Crippen molar-refractivity contribution in [2.24, 2.45) is 11.3 Å². The summed E-state index contributed by atoms with van der Waals surface area (Å²) >= 11 is 0. The van der Waals surface area contributed by atoms with Gasteiger partial charge in [-0.05, 0) is 36.8 Å². The predicted octanol–water partition coefficient (Wildman–Crippen LogP) is 2.86. The second-order valence-electron chi connectivity index (χ2n) is 8.12. The monoisotopic (exact) mass is 371 g/mol. The molecule has 3 rings (SSSR count). The second kappa shape index (κ2) is 8.21. The minimum absolute atomic E-state index is 0.0300. The molecule has 1 aromatic rings. The fourth-order valence-corrected chi connectivity index (χ4v) is 3.83. The Hall–Kier alpha value is -2.21. The first-order valence-electron chi connectivity index (χ1n) is 9.82. The van der Waals surface area contributed by atoms with Crippen LogP contribution in [-0.2, 0) is 14.4 Å². The lowest BCUT2D eigenvalue weighted by Gasteiger charge is -2.40. The van der Waals surface area contributed by atoms with E-state index in [-0.39, 0.29) is 29.1 Å². The maximum absolute atomic E-state index is 12.4. The highest BCUT2D eigenvalue weighted by atomic mass is 16.2. The normalized spacial score (nSPS) is 21.3. The van der Waals surface area contributed by atoms with Crippen molar-refractivity contribution in [2.45, 2.75) is 46.0 Å². The van der Waals surface area contributed by atoms with Crippen molar-refractivity contribution in [1.82, 2.24) is 9.80 Å². The van der Waals surface area contributed by atoms with E-state index in [0.717, 1.165) is 38.0 Å². The fraction of sp³-hybridized carbons (Fsp3) is 0.571. The van der Waals surface area contributed by atoms with Crippen LogP contribution in [0.2, 0.25) is 0 Å². The van der Waals surface area contributed by atoms with Gasteiger partial charge in [-0.2, -0.15) is 0 Å². The quantitative estimate of drug-likeness (QED) is 0.808. The highest BCUT2D eigenvalue weighted by molar-refractivity contribution is 5.98. The third-order valence-corrected chi connectivity index (χ3v) is 5.95. The summed E-state index contributed by atoms with van der Waals surface area (Å²) in [6.07, 6.45) is 3.18. The zero-order chi connectivity index (χ0) is 19.4. The molecule has 1 N–H and O–H groups in total. The van der Waals surface area contributed by atoms with Crippen molar-refractivity contribution >= 4 is 23.4 Å². The molecule has 0 aromatic heterocycles. The summed E-state index contributed by atoms with van der Waals surface area (Å²) < 4.78 is 0. The average Bonchev–Trinajstić information content (AvgIpc) is 2.66. The van der Waals surface area contributed by atoms with Gasteiger partial charge in [-0.15, -0.1) is 0 Å². The van der Waals surface area contributed by atoms with Crippen LogP contribution in [0.3, 0.4) is 0 Å². The van der Waals surface area contributed by atoms with Crippen molar-refractivity contribution in [3.8, 4) is 0 Å².